The lowest BCUT2D eigenvalue weighted by atomic mass is 10.2. The predicted molar refractivity (Wildman–Crippen MR) is 125 cm³/mol. The molecule has 0 radical (unpaired) electrons. The minimum atomic E-state index is -0.291. The summed E-state index contributed by atoms with van der Waals surface area (Å²) < 4.78 is 1.52. The molecule has 6 nitrogen and oxygen atoms in total. The molecule has 0 bridgehead atoms. The number of halogens is 1. The molecule has 9 heteroatoms. The molecular weight excluding hydrogens is 452 g/mol. The SMILES string of the molecule is Cc1ccccc1-n1c(SCC(=O)Nc2sccc2C#N)nc2cc(Cl)ccc2c1=O. The maximum atomic E-state index is 13.3. The Kier molecular flexibility index (Phi) is 6.09. The summed E-state index contributed by atoms with van der Waals surface area (Å²) in [7, 11) is 0. The largest absolute Gasteiger partial charge is 0.316 e. The van der Waals surface area contributed by atoms with E-state index >= 15 is 0 Å². The van der Waals surface area contributed by atoms with Crippen LogP contribution in [0.25, 0.3) is 16.6 Å². The maximum absolute atomic E-state index is 13.3. The molecule has 4 aromatic rings. The number of hydrogen-bond donors (Lipinski definition) is 1. The number of carbonyl (C=O) groups is 1. The maximum Gasteiger partial charge on any atom is 0.266 e. The molecule has 2 heterocycles. The Labute approximate surface area is 191 Å². The van der Waals surface area contributed by atoms with Gasteiger partial charge in [0.05, 0.1) is 27.9 Å². The van der Waals surface area contributed by atoms with Crippen LogP contribution in [0, 0.1) is 18.3 Å². The molecule has 0 aliphatic carbocycles. The molecule has 0 saturated heterocycles. The number of nitrogens with one attached hydrogen (secondary N) is 1. The lowest BCUT2D eigenvalue weighted by Gasteiger charge is -2.15. The summed E-state index contributed by atoms with van der Waals surface area (Å²) in [5, 5.41) is 15.4. The van der Waals surface area contributed by atoms with Crippen molar-refractivity contribution in [1.82, 2.24) is 9.55 Å². The summed E-state index contributed by atoms with van der Waals surface area (Å²) in [6.45, 7) is 1.91. The number of fused-ring (bicyclic) bond motifs is 1. The lowest BCUT2D eigenvalue weighted by molar-refractivity contribution is -0.113. The third-order valence-corrected chi connectivity index (χ3v) is 6.53. The van der Waals surface area contributed by atoms with Crippen molar-refractivity contribution in [2.45, 2.75) is 12.1 Å². The van der Waals surface area contributed by atoms with E-state index in [-0.39, 0.29) is 17.2 Å². The molecule has 0 aliphatic heterocycles. The minimum absolute atomic E-state index is 0.0210. The van der Waals surface area contributed by atoms with Crippen molar-refractivity contribution in [1.29, 1.82) is 5.26 Å². The molecule has 1 amide bonds. The molecule has 154 valence electrons. The molecule has 0 saturated carbocycles. The highest BCUT2D eigenvalue weighted by molar-refractivity contribution is 7.99. The van der Waals surface area contributed by atoms with Crippen LogP contribution in [-0.4, -0.2) is 21.2 Å². The Bertz CT molecular complexity index is 1400. The third kappa shape index (κ3) is 4.35. The Morgan fingerprint density at radius 3 is 2.87 bits per heavy atom. The van der Waals surface area contributed by atoms with Crippen LogP contribution in [0.5, 0.6) is 0 Å². The zero-order valence-corrected chi connectivity index (χ0v) is 18.6. The van der Waals surface area contributed by atoms with E-state index in [0.29, 0.717) is 37.3 Å². The fourth-order valence-corrected chi connectivity index (χ4v) is 4.77. The van der Waals surface area contributed by atoms with Crippen molar-refractivity contribution in [2.75, 3.05) is 11.1 Å². The van der Waals surface area contributed by atoms with Crippen molar-refractivity contribution >= 4 is 56.5 Å². The molecule has 0 spiro atoms. The van der Waals surface area contributed by atoms with E-state index < -0.39 is 0 Å². The van der Waals surface area contributed by atoms with Gasteiger partial charge in [-0.2, -0.15) is 5.26 Å². The number of para-hydroxylation sites is 1. The van der Waals surface area contributed by atoms with Gasteiger partial charge in [0, 0.05) is 5.02 Å². The molecule has 2 aromatic carbocycles. The number of carbonyl (C=O) groups excluding carboxylic acids is 1. The molecule has 31 heavy (non-hydrogen) atoms. The van der Waals surface area contributed by atoms with Crippen LogP contribution in [0.3, 0.4) is 0 Å². The van der Waals surface area contributed by atoms with Gasteiger partial charge in [-0.05, 0) is 48.2 Å². The number of thioether (sulfide) groups is 1. The predicted octanol–water partition coefficient (Wildman–Crippen LogP) is 5.01. The van der Waals surface area contributed by atoms with E-state index in [2.05, 4.69) is 10.3 Å². The number of aryl methyl sites for hydroxylation is 1. The van der Waals surface area contributed by atoms with Crippen LogP contribution in [-0.2, 0) is 4.79 Å². The number of nitriles is 1. The fraction of sp³-hybridized carbons (Fsp3) is 0.0909. The first-order valence-electron chi connectivity index (χ1n) is 9.16. The van der Waals surface area contributed by atoms with Gasteiger partial charge >= 0.3 is 0 Å². The molecule has 1 N–H and O–H groups in total. The van der Waals surface area contributed by atoms with Crippen LogP contribution < -0.4 is 10.9 Å². The molecule has 0 aliphatic rings. The smallest absolute Gasteiger partial charge is 0.266 e. The van der Waals surface area contributed by atoms with Gasteiger partial charge in [0.15, 0.2) is 5.16 Å². The Balaban J connectivity index is 1.73. The summed E-state index contributed by atoms with van der Waals surface area (Å²) >= 11 is 8.53. The number of nitrogens with zero attached hydrogens (tertiary/aromatic N) is 3. The van der Waals surface area contributed by atoms with Crippen LogP contribution >= 0.6 is 34.7 Å². The first-order valence-corrected chi connectivity index (χ1v) is 11.4. The summed E-state index contributed by atoms with van der Waals surface area (Å²) in [6, 6.07) is 16.1. The molecular formula is C22H15ClN4O2S2. The number of thiophene rings is 1. The number of benzene rings is 2. The van der Waals surface area contributed by atoms with Gasteiger partial charge in [-0.1, -0.05) is 41.6 Å². The first kappa shape index (κ1) is 21.1. The van der Waals surface area contributed by atoms with Gasteiger partial charge in [-0.25, -0.2) is 4.98 Å². The van der Waals surface area contributed by atoms with Gasteiger partial charge < -0.3 is 5.32 Å². The van der Waals surface area contributed by atoms with Gasteiger partial charge in [0.25, 0.3) is 5.56 Å². The summed E-state index contributed by atoms with van der Waals surface area (Å²) in [6.07, 6.45) is 0. The second-order valence-corrected chi connectivity index (χ2v) is 8.89. The van der Waals surface area contributed by atoms with Gasteiger partial charge in [-0.3, -0.25) is 14.2 Å². The topological polar surface area (TPSA) is 87.8 Å². The van der Waals surface area contributed by atoms with Crippen molar-refractivity contribution in [3.63, 3.8) is 0 Å². The highest BCUT2D eigenvalue weighted by Gasteiger charge is 2.17. The molecule has 0 fully saturated rings. The van der Waals surface area contributed by atoms with E-state index in [9.17, 15) is 9.59 Å². The Hall–Kier alpha value is -3.12. The van der Waals surface area contributed by atoms with Crippen LogP contribution in [0.1, 0.15) is 11.1 Å². The zero-order chi connectivity index (χ0) is 22.0. The number of aromatic nitrogens is 2. The average Bonchev–Trinajstić information content (AvgIpc) is 3.20. The summed E-state index contributed by atoms with van der Waals surface area (Å²) in [5.41, 5.74) is 2.26. The summed E-state index contributed by atoms with van der Waals surface area (Å²) in [4.78, 5) is 30.5. The van der Waals surface area contributed by atoms with Gasteiger partial charge in [0.2, 0.25) is 5.91 Å². The molecule has 0 unspecified atom stereocenters. The van der Waals surface area contributed by atoms with E-state index in [1.54, 1.807) is 29.6 Å². The Morgan fingerprint density at radius 2 is 2.10 bits per heavy atom. The normalized spacial score (nSPS) is 10.7. The Morgan fingerprint density at radius 1 is 1.29 bits per heavy atom. The van der Waals surface area contributed by atoms with Crippen LogP contribution in [0.4, 0.5) is 5.00 Å². The number of amides is 1. The first-order chi connectivity index (χ1) is 15.0. The number of rotatable bonds is 5. The fourth-order valence-electron chi connectivity index (χ4n) is 3.05. The van der Waals surface area contributed by atoms with E-state index in [0.717, 1.165) is 17.3 Å². The van der Waals surface area contributed by atoms with Crippen molar-refractivity contribution in [3.05, 3.63) is 80.4 Å². The monoisotopic (exact) mass is 466 g/mol. The number of hydrogen-bond acceptors (Lipinski definition) is 6. The highest BCUT2D eigenvalue weighted by Crippen LogP contribution is 2.26. The quantitative estimate of drug-likeness (QED) is 0.330. The van der Waals surface area contributed by atoms with E-state index in [4.69, 9.17) is 16.9 Å². The second kappa shape index (κ2) is 8.94. The van der Waals surface area contributed by atoms with E-state index in [1.165, 1.54) is 15.9 Å². The zero-order valence-electron chi connectivity index (χ0n) is 16.3. The number of anilines is 1. The van der Waals surface area contributed by atoms with Crippen LogP contribution in [0.15, 0.2) is 63.9 Å². The van der Waals surface area contributed by atoms with Crippen molar-refractivity contribution in [2.24, 2.45) is 0 Å². The van der Waals surface area contributed by atoms with Crippen molar-refractivity contribution < 1.29 is 4.79 Å². The van der Waals surface area contributed by atoms with Crippen LogP contribution in [0.2, 0.25) is 5.02 Å². The van der Waals surface area contributed by atoms with Crippen molar-refractivity contribution in [3.8, 4) is 11.8 Å². The minimum Gasteiger partial charge on any atom is -0.316 e. The van der Waals surface area contributed by atoms with E-state index in [1.807, 2.05) is 37.3 Å². The third-order valence-electron chi connectivity index (χ3n) is 4.53. The van der Waals surface area contributed by atoms with Gasteiger partial charge in [-0.15, -0.1) is 11.3 Å². The van der Waals surface area contributed by atoms with Gasteiger partial charge in [0.1, 0.15) is 11.1 Å². The lowest BCUT2D eigenvalue weighted by Crippen LogP contribution is -2.23. The summed E-state index contributed by atoms with van der Waals surface area (Å²) in [5.74, 6) is -0.270. The molecule has 2 aromatic heterocycles. The standard InChI is InChI=1S/C22H15ClN4O2S2/c1-13-4-2-3-5-18(13)27-21(29)16-7-6-15(23)10-17(16)25-22(27)31-12-19(28)26-20-14(11-24)8-9-30-20/h2-10H,12H2,1H3,(H,26,28). The highest BCUT2D eigenvalue weighted by atomic mass is 35.5. The molecule has 4 rings (SSSR count). The average molecular weight is 467 g/mol. The molecule has 0 atom stereocenters. The second-order valence-electron chi connectivity index (χ2n) is 6.59.